The minimum atomic E-state index is -0.912. The zero-order valence-corrected chi connectivity index (χ0v) is 24.6. The molecule has 0 bridgehead atoms. The second-order valence-electron chi connectivity index (χ2n) is 12.8. The molecular formula is C35H45NO3. The highest BCUT2D eigenvalue weighted by molar-refractivity contribution is 5.88. The van der Waals surface area contributed by atoms with Crippen LogP contribution >= 0.6 is 0 Å². The van der Waals surface area contributed by atoms with E-state index in [-0.39, 0.29) is 10.8 Å². The molecule has 4 nitrogen and oxygen atoms in total. The lowest BCUT2D eigenvalue weighted by Gasteiger charge is -2.42. The second kappa shape index (κ2) is 12.0. The number of benzene rings is 3. The highest BCUT2D eigenvalue weighted by atomic mass is 16.5. The third-order valence-electron chi connectivity index (χ3n) is 8.17. The molecule has 0 aromatic heterocycles. The van der Waals surface area contributed by atoms with Gasteiger partial charge in [0.15, 0.2) is 0 Å². The lowest BCUT2D eigenvalue weighted by Crippen LogP contribution is -2.33. The number of hydrogen-bond acceptors (Lipinski definition) is 3. The standard InChI is InChI=1S/C35H45NO3/c1-24(2)23-36-19-7-8-20-39-32-16-14-27(25-9-11-26(12-10-25)33(37)38)21-29(32)28-13-15-30-31(22-28)35(5,6)18-17-34(30,3)4/h9-16,21-22,24,36H,7-8,17-20,23H2,1-6H3,(H,37,38). The van der Waals surface area contributed by atoms with E-state index in [0.29, 0.717) is 18.1 Å². The molecule has 4 heteroatoms. The lowest BCUT2D eigenvalue weighted by atomic mass is 9.63. The van der Waals surface area contributed by atoms with Gasteiger partial charge in [-0.15, -0.1) is 0 Å². The monoisotopic (exact) mass is 527 g/mol. The van der Waals surface area contributed by atoms with E-state index in [1.54, 1.807) is 12.1 Å². The van der Waals surface area contributed by atoms with Crippen LogP contribution in [0.5, 0.6) is 5.75 Å². The van der Waals surface area contributed by atoms with Crippen LogP contribution in [0, 0.1) is 5.92 Å². The molecule has 3 aromatic carbocycles. The molecule has 208 valence electrons. The molecule has 0 saturated heterocycles. The predicted octanol–water partition coefficient (Wildman–Crippen LogP) is 8.47. The van der Waals surface area contributed by atoms with E-state index in [0.717, 1.165) is 53.9 Å². The summed E-state index contributed by atoms with van der Waals surface area (Å²) in [6, 6.07) is 20.4. The average Bonchev–Trinajstić information content (AvgIpc) is 2.90. The number of rotatable bonds is 11. The first-order valence-electron chi connectivity index (χ1n) is 14.4. The Morgan fingerprint density at radius 2 is 1.49 bits per heavy atom. The number of hydrogen-bond donors (Lipinski definition) is 2. The number of carboxylic acids is 1. The molecule has 4 rings (SSSR count). The SMILES string of the molecule is CC(C)CNCCCCOc1ccc(-c2ccc(C(=O)O)cc2)cc1-c1ccc2c(c1)C(C)(C)CCC2(C)C. The van der Waals surface area contributed by atoms with Crippen LogP contribution in [-0.4, -0.2) is 30.8 Å². The molecule has 1 aliphatic rings. The summed E-state index contributed by atoms with van der Waals surface area (Å²) in [7, 11) is 0. The molecule has 0 unspecified atom stereocenters. The van der Waals surface area contributed by atoms with Gasteiger partial charge in [0.25, 0.3) is 0 Å². The molecule has 0 fully saturated rings. The van der Waals surface area contributed by atoms with Gasteiger partial charge in [-0.2, -0.15) is 0 Å². The van der Waals surface area contributed by atoms with Gasteiger partial charge in [-0.05, 0) is 108 Å². The molecule has 0 spiro atoms. The average molecular weight is 528 g/mol. The van der Waals surface area contributed by atoms with Crippen LogP contribution in [0.25, 0.3) is 22.3 Å². The van der Waals surface area contributed by atoms with Gasteiger partial charge in [-0.1, -0.05) is 77.9 Å². The van der Waals surface area contributed by atoms with E-state index in [1.807, 2.05) is 12.1 Å². The Kier molecular flexibility index (Phi) is 8.86. The van der Waals surface area contributed by atoms with E-state index in [1.165, 1.54) is 24.0 Å². The maximum absolute atomic E-state index is 11.3. The lowest BCUT2D eigenvalue weighted by molar-refractivity contribution is 0.0697. The maximum atomic E-state index is 11.3. The van der Waals surface area contributed by atoms with Crippen LogP contribution in [0.2, 0.25) is 0 Å². The van der Waals surface area contributed by atoms with Crippen molar-refractivity contribution in [2.45, 2.75) is 78.1 Å². The normalized spacial score (nSPS) is 15.7. The zero-order chi connectivity index (χ0) is 28.2. The maximum Gasteiger partial charge on any atom is 0.335 e. The Morgan fingerprint density at radius 1 is 0.846 bits per heavy atom. The zero-order valence-electron chi connectivity index (χ0n) is 24.6. The third kappa shape index (κ3) is 6.91. The quantitative estimate of drug-likeness (QED) is 0.246. The third-order valence-corrected chi connectivity index (χ3v) is 8.17. The predicted molar refractivity (Wildman–Crippen MR) is 162 cm³/mol. The van der Waals surface area contributed by atoms with Gasteiger partial charge in [0.1, 0.15) is 5.75 Å². The molecule has 1 aliphatic carbocycles. The van der Waals surface area contributed by atoms with Gasteiger partial charge >= 0.3 is 5.97 Å². The van der Waals surface area contributed by atoms with Gasteiger partial charge in [0.2, 0.25) is 0 Å². The number of carbonyl (C=O) groups is 1. The van der Waals surface area contributed by atoms with E-state index < -0.39 is 5.97 Å². The summed E-state index contributed by atoms with van der Waals surface area (Å²) in [6.07, 6.45) is 4.43. The molecule has 0 saturated carbocycles. The van der Waals surface area contributed by atoms with Gasteiger partial charge < -0.3 is 15.2 Å². The number of aromatic carboxylic acids is 1. The molecule has 0 heterocycles. The van der Waals surface area contributed by atoms with Crippen molar-refractivity contribution >= 4 is 5.97 Å². The Hall–Kier alpha value is -3.11. The topological polar surface area (TPSA) is 58.6 Å². The van der Waals surface area contributed by atoms with Crippen molar-refractivity contribution in [1.29, 1.82) is 0 Å². The van der Waals surface area contributed by atoms with Crippen LogP contribution in [0.15, 0.2) is 60.7 Å². The molecule has 39 heavy (non-hydrogen) atoms. The van der Waals surface area contributed by atoms with Crippen LogP contribution in [0.1, 0.15) is 88.7 Å². The van der Waals surface area contributed by atoms with E-state index in [4.69, 9.17) is 4.74 Å². The second-order valence-corrected chi connectivity index (χ2v) is 12.8. The van der Waals surface area contributed by atoms with Gasteiger partial charge in [-0.25, -0.2) is 4.79 Å². The molecule has 0 radical (unpaired) electrons. The molecule has 0 aliphatic heterocycles. The number of fused-ring (bicyclic) bond motifs is 1. The molecule has 3 aromatic rings. The van der Waals surface area contributed by atoms with Crippen molar-refractivity contribution in [3.8, 4) is 28.0 Å². The van der Waals surface area contributed by atoms with E-state index in [2.05, 4.69) is 83.3 Å². The van der Waals surface area contributed by atoms with Crippen molar-refractivity contribution < 1.29 is 14.6 Å². The summed E-state index contributed by atoms with van der Waals surface area (Å²) < 4.78 is 6.39. The first-order chi connectivity index (χ1) is 18.5. The summed E-state index contributed by atoms with van der Waals surface area (Å²) in [4.78, 5) is 11.3. The fraction of sp³-hybridized carbons (Fsp3) is 0.457. The summed E-state index contributed by atoms with van der Waals surface area (Å²) in [5.41, 5.74) is 7.73. The molecule has 0 atom stereocenters. The number of unbranched alkanes of at least 4 members (excludes halogenated alkanes) is 1. The number of nitrogens with one attached hydrogen (secondary N) is 1. The van der Waals surface area contributed by atoms with E-state index in [9.17, 15) is 9.90 Å². The molecular weight excluding hydrogens is 482 g/mol. The van der Waals surface area contributed by atoms with Crippen LogP contribution in [0.4, 0.5) is 0 Å². The van der Waals surface area contributed by atoms with Crippen LogP contribution in [-0.2, 0) is 10.8 Å². The van der Waals surface area contributed by atoms with Crippen molar-refractivity contribution in [1.82, 2.24) is 5.32 Å². The Balaban J connectivity index is 1.65. The van der Waals surface area contributed by atoms with Crippen molar-refractivity contribution in [2.24, 2.45) is 5.92 Å². The first-order valence-corrected chi connectivity index (χ1v) is 14.4. The largest absolute Gasteiger partial charge is 0.493 e. The Labute approximate surface area is 234 Å². The summed E-state index contributed by atoms with van der Waals surface area (Å²) in [6.45, 7) is 16.6. The Morgan fingerprint density at radius 3 is 2.15 bits per heavy atom. The fourth-order valence-corrected chi connectivity index (χ4v) is 5.55. The summed E-state index contributed by atoms with van der Waals surface area (Å²) >= 11 is 0. The summed E-state index contributed by atoms with van der Waals surface area (Å²) in [5, 5.41) is 12.8. The van der Waals surface area contributed by atoms with Crippen LogP contribution in [0.3, 0.4) is 0 Å². The minimum Gasteiger partial charge on any atom is -0.493 e. The fourth-order valence-electron chi connectivity index (χ4n) is 5.55. The van der Waals surface area contributed by atoms with E-state index >= 15 is 0 Å². The highest BCUT2D eigenvalue weighted by Crippen LogP contribution is 2.47. The number of ether oxygens (including phenoxy) is 1. The minimum absolute atomic E-state index is 0.120. The van der Waals surface area contributed by atoms with Gasteiger partial charge in [0.05, 0.1) is 12.2 Å². The number of carboxylic acid groups (broad SMARTS) is 1. The van der Waals surface area contributed by atoms with Gasteiger partial charge in [-0.3, -0.25) is 0 Å². The summed E-state index contributed by atoms with van der Waals surface area (Å²) in [5.74, 6) is 0.642. The Bertz CT molecular complexity index is 1290. The first kappa shape index (κ1) is 28.9. The van der Waals surface area contributed by atoms with Crippen molar-refractivity contribution in [3.05, 3.63) is 77.4 Å². The molecule has 2 N–H and O–H groups in total. The highest BCUT2D eigenvalue weighted by Gasteiger charge is 2.37. The van der Waals surface area contributed by atoms with Crippen LogP contribution < -0.4 is 10.1 Å². The smallest absolute Gasteiger partial charge is 0.335 e. The van der Waals surface area contributed by atoms with Gasteiger partial charge in [0, 0.05) is 5.56 Å². The molecule has 0 amide bonds. The van der Waals surface area contributed by atoms with Crippen molar-refractivity contribution in [3.63, 3.8) is 0 Å². The van der Waals surface area contributed by atoms with Crippen molar-refractivity contribution in [2.75, 3.05) is 19.7 Å².